The third-order valence-corrected chi connectivity index (χ3v) is 25.8. The topological polar surface area (TPSA) is 105 Å². The summed E-state index contributed by atoms with van der Waals surface area (Å²) >= 11 is 0. The molecule has 0 N–H and O–H groups in total. The molecule has 0 unspecified atom stereocenters. The maximum Gasteiger partial charge on any atom is 2.00 e. The van der Waals surface area contributed by atoms with E-state index in [1.165, 1.54) is 77.8 Å². The number of nitrogens with zero attached hydrogens (tertiary/aromatic N) is 9. The van der Waals surface area contributed by atoms with Crippen LogP contribution in [0.25, 0.3) is 102 Å². The zero-order valence-electron chi connectivity index (χ0n) is 77.8. The quantitative estimate of drug-likeness (QED) is 0.0763. The average molecular weight is 2530 g/mol. The van der Waals surface area contributed by atoms with Gasteiger partial charge in [0.25, 0.3) is 6.71 Å². The summed E-state index contributed by atoms with van der Waals surface area (Å²) in [6.45, 7) is 6.43. The van der Waals surface area contributed by atoms with E-state index < -0.39 is 10.8 Å². The van der Waals surface area contributed by atoms with Crippen LogP contribution in [0.1, 0.15) is 95.1 Å². The summed E-state index contributed by atoms with van der Waals surface area (Å²) in [5, 5.41) is 0. The Bertz CT molecular complexity index is 7460. The average Bonchev–Trinajstić information content (AvgIpc) is 1.54. The molecule has 4 aliphatic rings. The van der Waals surface area contributed by atoms with E-state index in [2.05, 4.69) is 388 Å². The van der Waals surface area contributed by atoms with E-state index in [4.69, 9.17) is 29.9 Å². The predicted molar refractivity (Wildman–Crippen MR) is 560 cm³/mol. The van der Waals surface area contributed by atoms with Gasteiger partial charge in [0.15, 0.2) is 0 Å². The Labute approximate surface area is 884 Å². The van der Waals surface area contributed by atoms with Crippen molar-refractivity contribution in [1.82, 2.24) is 29.9 Å². The first-order valence-electron chi connectivity index (χ1n) is 46.3. The Hall–Kier alpha value is -14.3. The number of fused-ring (bicyclic) bond motifs is 34. The summed E-state index contributed by atoms with van der Waals surface area (Å²) in [5.74, 6) is 0. The second kappa shape index (κ2) is 44.4. The first-order chi connectivity index (χ1) is 67.5. The standard InChI is InChI=1S/C37H24N2.C37H22N2.C31H25BN2.C22H19N3.4Pt/c2*1-3-15-31-29(13-1)30-14-2-4-16-32(30)37(31)35-19-7-17-33(38-35)27-11-5-9-25(23-27)21-22-26-10-6-12-28(24-26)34-18-8-20-36(37)39-34;1-22-20-23(2)31(24(3)21-22)32(29-18-10-16-27(33-29)25-12-6-4-7-13-25)30-19-11-17-28(34-30)26-14-8-5-9-15-26;1-23-16-18-8-6-12-21(14-18)25(20-10-4-3-5-11-20)22-13-7-9-19(15-22)17-24-2;;;;/h1-20H,21-22H2;1-22H;4-12,14,16-21H,1-3H3;3-13,16-17H,1-2H3;;;;/q4*-2;4*+2. The molecule has 16 bridgehead atoms. The van der Waals surface area contributed by atoms with E-state index in [0.717, 1.165) is 154 Å². The number of pyridine rings is 6. The minimum atomic E-state index is -0.674. The molecule has 24 rings (SSSR count). The number of aryl methyl sites for hydroxylation is 5. The summed E-state index contributed by atoms with van der Waals surface area (Å²) in [4.78, 5) is 42.1. The van der Waals surface area contributed by atoms with Crippen molar-refractivity contribution >= 4 is 65.0 Å². The number of benzene rings is 14. The van der Waals surface area contributed by atoms with Gasteiger partial charge in [-0.3, -0.25) is 19.9 Å². The van der Waals surface area contributed by atoms with Crippen LogP contribution in [0.15, 0.2) is 416 Å². The molecule has 0 atom stereocenters. The largest absolute Gasteiger partial charge is 2.00 e. The van der Waals surface area contributed by atoms with E-state index in [1.54, 1.807) is 26.5 Å². The third-order valence-electron chi connectivity index (χ3n) is 25.8. The fourth-order valence-corrected chi connectivity index (χ4v) is 19.9. The fraction of sp³-hybridized carbons (Fsp3) is 0.0709. The van der Waals surface area contributed by atoms with Crippen LogP contribution in [0.4, 0.5) is 17.1 Å². The van der Waals surface area contributed by atoms with E-state index in [0.29, 0.717) is 0 Å². The Morgan fingerprint density at radius 1 is 0.298 bits per heavy atom. The van der Waals surface area contributed by atoms with Crippen molar-refractivity contribution in [2.45, 2.75) is 44.4 Å². The first-order valence-corrected chi connectivity index (χ1v) is 46.3. The fourth-order valence-electron chi connectivity index (χ4n) is 19.9. The van der Waals surface area contributed by atoms with Crippen molar-refractivity contribution in [1.29, 1.82) is 0 Å². The van der Waals surface area contributed by atoms with Crippen LogP contribution in [-0.2, 0) is 108 Å². The van der Waals surface area contributed by atoms with Crippen LogP contribution in [-0.4, -0.2) is 63.1 Å². The Kier molecular flexibility index (Phi) is 31.0. The van der Waals surface area contributed by atoms with Gasteiger partial charge in [-0.1, -0.05) is 258 Å². The van der Waals surface area contributed by atoms with Crippen LogP contribution in [0.2, 0.25) is 0 Å². The van der Waals surface area contributed by atoms with Crippen molar-refractivity contribution in [3.8, 4) is 89.8 Å². The van der Waals surface area contributed by atoms with Gasteiger partial charge in [-0.15, -0.1) is 262 Å². The van der Waals surface area contributed by atoms with Crippen molar-refractivity contribution in [2.75, 3.05) is 19.0 Å². The van der Waals surface area contributed by atoms with Gasteiger partial charge in [0, 0.05) is 42.4 Å². The molecular weight excluding hydrogens is 2440 g/mol. The maximum absolute atomic E-state index is 5.39. The molecule has 686 valence electrons. The smallest absolute Gasteiger partial charge is 0.346 e. The monoisotopic (exact) mass is 2530 g/mol. The van der Waals surface area contributed by atoms with Crippen LogP contribution in [0, 0.1) is 69.3 Å². The zero-order chi connectivity index (χ0) is 92.6. The normalized spacial score (nSPS) is 12.3. The molecule has 141 heavy (non-hydrogen) atoms. The summed E-state index contributed by atoms with van der Waals surface area (Å²) < 4.78 is 0. The molecule has 0 amide bonds. The molecular formula is C127H90BN9Pt4. The molecule has 2 spiro atoms. The zero-order valence-corrected chi connectivity index (χ0v) is 86.9. The molecule has 0 saturated carbocycles. The molecule has 14 aromatic carbocycles. The molecule has 14 heteroatoms. The van der Waals surface area contributed by atoms with E-state index in [9.17, 15) is 0 Å². The number of para-hydroxylation sites is 1. The summed E-state index contributed by atoms with van der Waals surface area (Å²) in [5.41, 5.74) is 39.7. The molecule has 9 nitrogen and oxygen atoms in total. The van der Waals surface area contributed by atoms with Crippen molar-refractivity contribution in [3.63, 3.8) is 0 Å². The number of rotatable bonds is 10. The SMILES string of the molecule is CN=Cc1[c-]c(N(c2[c-]c(C=NC)ccc2)c2ccccc2)ccc1.Cc1cc(C)c(B(c2cccc(-c3[c-]cccc3)n2)c2cccc(-c3[c-]cccc3)n2)c(C)c1.[Pt+2].[Pt+2].[Pt+2].[Pt+2].[c-]1c2cccc1-c1cccc(n1)C1(c3cccc(n3)-c3[c-]c(ccc3)C=C2)c2ccccc2-c2ccccc21.[c-]1c2cccc1-c1cccc(n1)C1(c3cccc(n3)-c3[c-]c(ccc3)CC2)c2ccccc2-c2ccccc21. The summed E-state index contributed by atoms with van der Waals surface area (Å²) in [6.07, 6.45) is 9.55. The number of aliphatic imine (C=N–C) groups is 2. The maximum atomic E-state index is 5.39. The molecule has 0 saturated heterocycles. The molecule has 20 aromatic rings. The van der Waals surface area contributed by atoms with Crippen LogP contribution >= 0.6 is 0 Å². The number of anilines is 3. The first kappa shape index (κ1) is 98.3. The minimum absolute atomic E-state index is 0. The third kappa shape index (κ3) is 20.0. The molecule has 0 radical (unpaired) electrons. The molecule has 8 heterocycles. The number of hydrogen-bond donors (Lipinski definition) is 0. The van der Waals surface area contributed by atoms with Gasteiger partial charge in [0.05, 0.1) is 22.8 Å². The summed E-state index contributed by atoms with van der Waals surface area (Å²) in [6, 6.07) is 169. The van der Waals surface area contributed by atoms with Crippen LogP contribution in [0.5, 0.6) is 0 Å². The molecule has 2 aliphatic carbocycles. The number of hydrogen-bond acceptors (Lipinski definition) is 9. The Balaban J connectivity index is 0.000000130. The second-order valence-electron chi connectivity index (χ2n) is 34.5. The molecule has 0 fully saturated rings. The van der Waals surface area contributed by atoms with Crippen LogP contribution < -0.4 is 21.5 Å². The van der Waals surface area contributed by atoms with Gasteiger partial charge in [0.2, 0.25) is 0 Å². The Morgan fingerprint density at radius 2 is 0.617 bits per heavy atom. The van der Waals surface area contributed by atoms with Gasteiger partial charge >= 0.3 is 84.3 Å². The van der Waals surface area contributed by atoms with E-state index >= 15 is 0 Å². The number of aromatic nitrogens is 6. The van der Waals surface area contributed by atoms with Gasteiger partial charge in [0.1, 0.15) is 10.8 Å². The van der Waals surface area contributed by atoms with Crippen molar-refractivity contribution in [3.05, 3.63) is 550 Å². The van der Waals surface area contributed by atoms with Crippen LogP contribution in [0.3, 0.4) is 0 Å². The Morgan fingerprint density at radius 3 is 0.986 bits per heavy atom. The second-order valence-corrected chi connectivity index (χ2v) is 34.5. The van der Waals surface area contributed by atoms with Gasteiger partial charge in [-0.25, -0.2) is 0 Å². The van der Waals surface area contributed by atoms with E-state index in [1.807, 2.05) is 115 Å². The molecule has 2 aliphatic heterocycles. The van der Waals surface area contributed by atoms with E-state index in [-0.39, 0.29) is 91.0 Å². The summed E-state index contributed by atoms with van der Waals surface area (Å²) in [7, 11) is 3.52. The molecule has 6 aromatic heterocycles. The predicted octanol–water partition coefficient (Wildman–Crippen LogP) is 25.8. The van der Waals surface area contributed by atoms with Gasteiger partial charge in [-0.05, 0) is 149 Å². The van der Waals surface area contributed by atoms with Crippen molar-refractivity contribution in [2.24, 2.45) is 9.98 Å². The van der Waals surface area contributed by atoms with Gasteiger partial charge < -0.3 is 24.9 Å². The minimum Gasteiger partial charge on any atom is -0.346 e. The van der Waals surface area contributed by atoms with Gasteiger partial charge in [-0.2, -0.15) is 12.2 Å². The van der Waals surface area contributed by atoms with Crippen molar-refractivity contribution < 1.29 is 84.3 Å².